The zero-order chi connectivity index (χ0) is 20.0. The molecule has 1 heterocycles. The van der Waals surface area contributed by atoms with Crippen LogP contribution in [0.25, 0.3) is 27.8 Å². The van der Waals surface area contributed by atoms with Crippen molar-refractivity contribution < 1.29 is 9.84 Å². The van der Waals surface area contributed by atoms with E-state index >= 15 is 0 Å². The molecule has 0 fully saturated rings. The molecule has 4 aromatic rings. The Morgan fingerprint density at radius 1 is 0.821 bits per heavy atom. The Labute approximate surface area is 164 Å². The molecule has 28 heavy (non-hydrogen) atoms. The van der Waals surface area contributed by atoms with Crippen LogP contribution in [0.1, 0.15) is 22.3 Å². The molecular formula is C23H23N3O2. The minimum atomic E-state index is 0.289. The SMILES string of the molecule is COc1ccc2nn(-c3cc(C)cc(C)c3-c3cc(C)cc(C)c3O)nc2c1. The first-order chi connectivity index (χ1) is 13.4. The number of hydrogen-bond donors (Lipinski definition) is 1. The van der Waals surface area contributed by atoms with Gasteiger partial charge in [0.2, 0.25) is 0 Å². The summed E-state index contributed by atoms with van der Waals surface area (Å²) in [7, 11) is 1.64. The molecule has 1 N–H and O–H groups in total. The number of aromatic hydroxyl groups is 1. The summed E-state index contributed by atoms with van der Waals surface area (Å²) in [6.07, 6.45) is 0. The van der Waals surface area contributed by atoms with Gasteiger partial charge in [0, 0.05) is 17.2 Å². The Balaban J connectivity index is 2.01. The zero-order valence-corrected chi connectivity index (χ0v) is 16.7. The maximum absolute atomic E-state index is 10.8. The van der Waals surface area contributed by atoms with E-state index < -0.39 is 0 Å². The van der Waals surface area contributed by atoms with Crippen molar-refractivity contribution in [3.8, 4) is 28.3 Å². The van der Waals surface area contributed by atoms with E-state index in [1.807, 2.05) is 51.1 Å². The lowest BCUT2D eigenvalue weighted by molar-refractivity contribution is 0.415. The van der Waals surface area contributed by atoms with Crippen molar-refractivity contribution in [2.24, 2.45) is 0 Å². The fraction of sp³-hybridized carbons (Fsp3) is 0.217. The van der Waals surface area contributed by atoms with Crippen LogP contribution in [0.15, 0.2) is 42.5 Å². The predicted molar refractivity (Wildman–Crippen MR) is 111 cm³/mol. The summed E-state index contributed by atoms with van der Waals surface area (Å²) in [6.45, 7) is 8.05. The number of phenolic OH excluding ortho intramolecular Hbond substituents is 1. The smallest absolute Gasteiger partial charge is 0.126 e. The molecule has 0 unspecified atom stereocenters. The van der Waals surface area contributed by atoms with Crippen LogP contribution >= 0.6 is 0 Å². The molecule has 0 saturated carbocycles. The molecule has 0 spiro atoms. The summed E-state index contributed by atoms with van der Waals surface area (Å²) in [6, 6.07) is 13.8. The molecule has 0 aliphatic carbocycles. The van der Waals surface area contributed by atoms with Gasteiger partial charge < -0.3 is 9.84 Å². The van der Waals surface area contributed by atoms with E-state index in [1.54, 1.807) is 11.9 Å². The maximum Gasteiger partial charge on any atom is 0.126 e. The third-order valence-corrected chi connectivity index (χ3v) is 4.98. The quantitative estimate of drug-likeness (QED) is 0.547. The standard InChI is InChI=1S/C23H23N3O2/c1-13-9-16(4)23(27)18(10-13)22-15(3)8-14(2)11-21(22)26-24-19-7-6-17(28-5)12-20(19)25-26/h6-12,27H,1-5H3. The van der Waals surface area contributed by atoms with E-state index in [4.69, 9.17) is 4.74 Å². The molecule has 5 nitrogen and oxygen atoms in total. The van der Waals surface area contributed by atoms with E-state index in [0.29, 0.717) is 0 Å². The third-order valence-electron chi connectivity index (χ3n) is 4.98. The van der Waals surface area contributed by atoms with Crippen LogP contribution in [-0.2, 0) is 0 Å². The number of nitrogens with zero attached hydrogens (tertiary/aromatic N) is 3. The minimum absolute atomic E-state index is 0.289. The Hall–Kier alpha value is -3.34. The molecule has 0 saturated heterocycles. The topological polar surface area (TPSA) is 60.2 Å². The molecular weight excluding hydrogens is 350 g/mol. The van der Waals surface area contributed by atoms with Gasteiger partial charge in [-0.1, -0.05) is 12.1 Å². The molecule has 0 amide bonds. The van der Waals surface area contributed by atoms with Crippen molar-refractivity contribution in [3.63, 3.8) is 0 Å². The highest BCUT2D eigenvalue weighted by Crippen LogP contribution is 2.39. The number of phenols is 1. The van der Waals surface area contributed by atoms with Crippen LogP contribution in [0.5, 0.6) is 11.5 Å². The van der Waals surface area contributed by atoms with Gasteiger partial charge in [0.25, 0.3) is 0 Å². The second-order valence-electron chi connectivity index (χ2n) is 7.30. The number of fused-ring (bicyclic) bond motifs is 1. The largest absolute Gasteiger partial charge is 0.507 e. The summed E-state index contributed by atoms with van der Waals surface area (Å²) in [5, 5.41) is 20.1. The van der Waals surface area contributed by atoms with Gasteiger partial charge in [-0.3, -0.25) is 0 Å². The lowest BCUT2D eigenvalue weighted by Crippen LogP contribution is -2.04. The number of methoxy groups -OCH3 is 1. The number of rotatable bonds is 3. The van der Waals surface area contributed by atoms with Crippen LogP contribution in [0.2, 0.25) is 0 Å². The maximum atomic E-state index is 10.8. The molecule has 142 valence electrons. The fourth-order valence-corrected chi connectivity index (χ4v) is 3.73. The van der Waals surface area contributed by atoms with Crippen LogP contribution in [0, 0.1) is 27.7 Å². The molecule has 1 aromatic heterocycles. The van der Waals surface area contributed by atoms with Gasteiger partial charge in [-0.15, -0.1) is 15.0 Å². The highest BCUT2D eigenvalue weighted by atomic mass is 16.5. The summed E-state index contributed by atoms with van der Waals surface area (Å²) in [4.78, 5) is 1.65. The van der Waals surface area contributed by atoms with Crippen molar-refractivity contribution in [2.45, 2.75) is 27.7 Å². The molecule has 0 bridgehead atoms. The highest BCUT2D eigenvalue weighted by Gasteiger charge is 2.18. The number of hydrogen-bond acceptors (Lipinski definition) is 4. The van der Waals surface area contributed by atoms with Crippen molar-refractivity contribution in [2.75, 3.05) is 7.11 Å². The predicted octanol–water partition coefficient (Wildman–Crippen LogP) is 5.04. The van der Waals surface area contributed by atoms with Crippen LogP contribution in [0.3, 0.4) is 0 Å². The van der Waals surface area contributed by atoms with Gasteiger partial charge in [0.15, 0.2) is 0 Å². The van der Waals surface area contributed by atoms with Gasteiger partial charge in [0.05, 0.1) is 12.8 Å². The van der Waals surface area contributed by atoms with E-state index in [9.17, 15) is 5.11 Å². The van der Waals surface area contributed by atoms with Gasteiger partial charge in [-0.05, 0) is 74.2 Å². The average molecular weight is 373 g/mol. The summed E-state index contributed by atoms with van der Waals surface area (Å²) >= 11 is 0. The zero-order valence-electron chi connectivity index (χ0n) is 16.7. The van der Waals surface area contributed by atoms with Gasteiger partial charge in [-0.25, -0.2) is 0 Å². The monoisotopic (exact) mass is 373 g/mol. The number of aryl methyl sites for hydroxylation is 4. The second kappa shape index (κ2) is 6.68. The van der Waals surface area contributed by atoms with Crippen molar-refractivity contribution >= 4 is 11.0 Å². The Morgan fingerprint density at radius 2 is 1.50 bits per heavy atom. The Morgan fingerprint density at radius 3 is 2.25 bits per heavy atom. The van der Waals surface area contributed by atoms with E-state index in [2.05, 4.69) is 29.3 Å². The average Bonchev–Trinajstić information content (AvgIpc) is 3.07. The Bertz CT molecular complexity index is 1210. The summed E-state index contributed by atoms with van der Waals surface area (Å²) in [5.74, 6) is 1.03. The highest BCUT2D eigenvalue weighted by molar-refractivity contribution is 5.83. The summed E-state index contributed by atoms with van der Waals surface area (Å²) in [5.41, 5.74) is 8.24. The van der Waals surface area contributed by atoms with Crippen molar-refractivity contribution in [3.05, 3.63) is 64.7 Å². The normalized spacial score (nSPS) is 11.2. The van der Waals surface area contributed by atoms with E-state index in [0.717, 1.165) is 55.9 Å². The lowest BCUT2D eigenvalue weighted by Gasteiger charge is -2.16. The molecule has 0 aliphatic rings. The van der Waals surface area contributed by atoms with Gasteiger partial charge >= 0.3 is 0 Å². The van der Waals surface area contributed by atoms with Crippen LogP contribution in [-0.4, -0.2) is 27.2 Å². The van der Waals surface area contributed by atoms with E-state index in [-0.39, 0.29) is 5.75 Å². The van der Waals surface area contributed by atoms with Crippen LogP contribution < -0.4 is 4.74 Å². The van der Waals surface area contributed by atoms with Crippen molar-refractivity contribution in [1.82, 2.24) is 15.0 Å². The first kappa shape index (κ1) is 18.0. The minimum Gasteiger partial charge on any atom is -0.507 e. The first-order valence-electron chi connectivity index (χ1n) is 9.20. The lowest BCUT2D eigenvalue weighted by atomic mass is 9.93. The molecule has 4 rings (SSSR count). The Kier molecular flexibility index (Phi) is 4.30. The van der Waals surface area contributed by atoms with Crippen molar-refractivity contribution in [1.29, 1.82) is 0 Å². The number of benzene rings is 3. The van der Waals surface area contributed by atoms with E-state index in [1.165, 1.54) is 0 Å². The summed E-state index contributed by atoms with van der Waals surface area (Å²) < 4.78 is 5.30. The molecule has 3 aromatic carbocycles. The third kappa shape index (κ3) is 2.99. The second-order valence-corrected chi connectivity index (χ2v) is 7.30. The fourth-order valence-electron chi connectivity index (χ4n) is 3.73. The molecule has 0 atom stereocenters. The molecule has 0 radical (unpaired) electrons. The van der Waals surface area contributed by atoms with Crippen LogP contribution in [0.4, 0.5) is 0 Å². The van der Waals surface area contributed by atoms with Gasteiger partial charge in [0.1, 0.15) is 22.5 Å². The molecule has 0 aliphatic heterocycles. The molecule has 5 heteroatoms. The number of aromatic nitrogens is 3. The van der Waals surface area contributed by atoms with Gasteiger partial charge in [-0.2, -0.15) is 0 Å². The number of ether oxygens (including phenoxy) is 1. The first-order valence-corrected chi connectivity index (χ1v) is 9.20.